The first-order valence-electron chi connectivity index (χ1n) is 15.7. The standard InChI is InChI=1S/C37H34N2O10/c1-22(40)46-27-8-11-31-33(20-27)48-34-21-28(47-23(2)41)9-12-32(34)37(31)30-10-5-25(19-29(30)36(43)49-37)35(42)39-15-16-44-17-18-45-26-6-3-24(4-7-26)13-14-38/h3-12,19-21H,13-18,38H2,1-2H3,(H,39,42). The van der Waals surface area contributed by atoms with E-state index in [9.17, 15) is 19.2 Å². The van der Waals surface area contributed by atoms with Crippen LogP contribution in [0.1, 0.15) is 56.8 Å². The quantitative estimate of drug-likeness (QED) is 0.125. The topological polar surface area (TPSA) is 162 Å². The third kappa shape index (κ3) is 6.96. The van der Waals surface area contributed by atoms with Crippen LogP contribution in [0.5, 0.6) is 28.7 Å². The van der Waals surface area contributed by atoms with Crippen LogP contribution < -0.4 is 30.0 Å². The first-order valence-corrected chi connectivity index (χ1v) is 15.7. The summed E-state index contributed by atoms with van der Waals surface area (Å²) >= 11 is 0. The van der Waals surface area contributed by atoms with Crippen molar-refractivity contribution in [1.82, 2.24) is 5.32 Å². The summed E-state index contributed by atoms with van der Waals surface area (Å²) in [6.07, 6.45) is 0.811. The van der Waals surface area contributed by atoms with Crippen molar-refractivity contribution in [3.63, 3.8) is 0 Å². The Labute approximate surface area is 282 Å². The average Bonchev–Trinajstić information content (AvgIpc) is 3.36. The van der Waals surface area contributed by atoms with Crippen LogP contribution in [-0.4, -0.2) is 56.7 Å². The van der Waals surface area contributed by atoms with Crippen LogP contribution in [0.4, 0.5) is 0 Å². The molecule has 0 fully saturated rings. The molecular weight excluding hydrogens is 632 g/mol. The molecule has 0 atom stereocenters. The van der Waals surface area contributed by atoms with Crippen LogP contribution in [-0.2, 0) is 31.1 Å². The van der Waals surface area contributed by atoms with Gasteiger partial charge in [-0.15, -0.1) is 0 Å². The lowest BCUT2D eigenvalue weighted by Gasteiger charge is -2.36. The summed E-state index contributed by atoms with van der Waals surface area (Å²) in [6.45, 7) is 4.34. The van der Waals surface area contributed by atoms with E-state index < -0.39 is 29.4 Å². The molecule has 12 heteroatoms. The Hall–Kier alpha value is -5.72. The number of nitrogens with one attached hydrogen (secondary N) is 1. The number of hydrogen-bond donors (Lipinski definition) is 2. The minimum atomic E-state index is -1.46. The third-order valence-corrected chi connectivity index (χ3v) is 7.92. The van der Waals surface area contributed by atoms with Crippen LogP contribution in [0.15, 0.2) is 78.9 Å². The van der Waals surface area contributed by atoms with Crippen LogP contribution in [0.3, 0.4) is 0 Å². The maximum Gasteiger partial charge on any atom is 0.340 e. The Morgan fingerprint density at radius 2 is 1.37 bits per heavy atom. The molecule has 1 amide bonds. The van der Waals surface area contributed by atoms with Gasteiger partial charge in [-0.2, -0.15) is 0 Å². The maximum absolute atomic E-state index is 13.5. The van der Waals surface area contributed by atoms with E-state index >= 15 is 0 Å². The minimum absolute atomic E-state index is 0.198. The lowest BCUT2D eigenvalue weighted by molar-refractivity contribution is -0.132. The molecule has 0 saturated carbocycles. The molecule has 1 spiro atoms. The van der Waals surface area contributed by atoms with E-state index in [1.54, 1.807) is 36.4 Å². The van der Waals surface area contributed by atoms with Gasteiger partial charge in [0.05, 0.1) is 18.8 Å². The van der Waals surface area contributed by atoms with Crippen molar-refractivity contribution >= 4 is 23.8 Å². The van der Waals surface area contributed by atoms with Crippen LogP contribution in [0.25, 0.3) is 0 Å². The SMILES string of the molecule is CC(=O)Oc1ccc2c(c1)Oc1cc(OC(C)=O)ccc1C21OC(=O)c2cc(C(=O)NCCOCCOc3ccc(CCN)cc3)ccc21. The van der Waals surface area contributed by atoms with Gasteiger partial charge in [-0.3, -0.25) is 14.4 Å². The van der Waals surface area contributed by atoms with Gasteiger partial charge in [0, 0.05) is 54.8 Å². The van der Waals surface area contributed by atoms with Crippen molar-refractivity contribution in [3.05, 3.63) is 112 Å². The fraction of sp³-hybridized carbons (Fsp3) is 0.243. The molecule has 12 nitrogen and oxygen atoms in total. The lowest BCUT2D eigenvalue weighted by Crippen LogP contribution is -2.33. The number of nitrogens with two attached hydrogens (primary N) is 1. The molecule has 0 aliphatic carbocycles. The van der Waals surface area contributed by atoms with E-state index in [4.69, 9.17) is 34.2 Å². The number of carbonyl (C=O) groups excluding carboxylic acids is 4. The number of amides is 1. The van der Waals surface area contributed by atoms with Gasteiger partial charge in [-0.05, 0) is 67.1 Å². The molecule has 0 aromatic heterocycles. The number of fused-ring (bicyclic) bond motifs is 6. The molecule has 6 rings (SSSR count). The van der Waals surface area contributed by atoms with E-state index in [-0.39, 0.29) is 47.3 Å². The molecular formula is C37H34N2O10. The molecule has 0 unspecified atom stereocenters. The number of rotatable bonds is 12. The van der Waals surface area contributed by atoms with E-state index in [0.29, 0.717) is 36.4 Å². The zero-order valence-corrected chi connectivity index (χ0v) is 26.9. The van der Waals surface area contributed by atoms with Crippen molar-refractivity contribution in [1.29, 1.82) is 0 Å². The molecule has 4 aromatic rings. The largest absolute Gasteiger partial charge is 0.491 e. The van der Waals surface area contributed by atoms with Crippen molar-refractivity contribution in [2.75, 3.05) is 32.9 Å². The monoisotopic (exact) mass is 666 g/mol. The molecule has 2 heterocycles. The Morgan fingerprint density at radius 1 is 0.755 bits per heavy atom. The smallest absolute Gasteiger partial charge is 0.340 e. The van der Waals surface area contributed by atoms with E-state index in [0.717, 1.165) is 17.7 Å². The third-order valence-electron chi connectivity index (χ3n) is 7.92. The fourth-order valence-corrected chi connectivity index (χ4v) is 5.87. The van der Waals surface area contributed by atoms with Gasteiger partial charge in [0.2, 0.25) is 0 Å². The van der Waals surface area contributed by atoms with Gasteiger partial charge in [0.1, 0.15) is 35.4 Å². The number of benzene rings is 4. The van der Waals surface area contributed by atoms with Crippen molar-refractivity contribution in [3.8, 4) is 28.7 Å². The van der Waals surface area contributed by atoms with E-state index in [1.807, 2.05) is 24.3 Å². The zero-order chi connectivity index (χ0) is 34.5. The summed E-state index contributed by atoms with van der Waals surface area (Å²) in [7, 11) is 0. The zero-order valence-electron chi connectivity index (χ0n) is 26.9. The second-order valence-electron chi connectivity index (χ2n) is 11.3. The minimum Gasteiger partial charge on any atom is -0.491 e. The Kier molecular flexibility index (Phi) is 9.61. The van der Waals surface area contributed by atoms with Crippen molar-refractivity contribution < 1.29 is 47.6 Å². The van der Waals surface area contributed by atoms with Gasteiger partial charge in [0.15, 0.2) is 5.60 Å². The summed E-state index contributed by atoms with van der Waals surface area (Å²) in [5.41, 5.74) is 7.16. The Bertz CT molecular complexity index is 1860. The van der Waals surface area contributed by atoms with Gasteiger partial charge in [-0.25, -0.2) is 4.79 Å². The maximum atomic E-state index is 13.5. The molecule has 4 aromatic carbocycles. The normalized spacial score (nSPS) is 13.3. The van der Waals surface area contributed by atoms with Crippen LogP contribution in [0.2, 0.25) is 0 Å². The number of esters is 3. The summed E-state index contributed by atoms with van der Waals surface area (Å²) in [5, 5.41) is 2.81. The van der Waals surface area contributed by atoms with Gasteiger partial charge >= 0.3 is 17.9 Å². The predicted octanol–water partition coefficient (Wildman–Crippen LogP) is 4.43. The molecule has 0 saturated heterocycles. The van der Waals surface area contributed by atoms with Gasteiger partial charge in [0.25, 0.3) is 5.91 Å². The average molecular weight is 667 g/mol. The van der Waals surface area contributed by atoms with Crippen molar-refractivity contribution in [2.45, 2.75) is 25.9 Å². The summed E-state index contributed by atoms with van der Waals surface area (Å²) in [6, 6.07) is 22.0. The fourth-order valence-electron chi connectivity index (χ4n) is 5.87. The number of hydrogen-bond acceptors (Lipinski definition) is 11. The van der Waals surface area contributed by atoms with Crippen molar-refractivity contribution in [2.24, 2.45) is 5.73 Å². The van der Waals surface area contributed by atoms with E-state index in [2.05, 4.69) is 5.32 Å². The van der Waals surface area contributed by atoms with Crippen LogP contribution in [0, 0.1) is 0 Å². The molecule has 3 N–H and O–H groups in total. The second kappa shape index (κ2) is 14.2. The molecule has 2 aliphatic rings. The summed E-state index contributed by atoms with van der Waals surface area (Å²) < 4.78 is 34.1. The van der Waals surface area contributed by atoms with Gasteiger partial charge in [-0.1, -0.05) is 18.2 Å². The summed E-state index contributed by atoms with van der Waals surface area (Å²) in [4.78, 5) is 49.8. The Morgan fingerprint density at radius 3 is 1.98 bits per heavy atom. The molecule has 252 valence electrons. The van der Waals surface area contributed by atoms with E-state index in [1.165, 1.54) is 32.0 Å². The highest BCUT2D eigenvalue weighted by Gasteiger charge is 2.54. The number of ether oxygens (including phenoxy) is 6. The first kappa shape index (κ1) is 33.2. The highest BCUT2D eigenvalue weighted by Crippen LogP contribution is 2.57. The van der Waals surface area contributed by atoms with Gasteiger partial charge < -0.3 is 39.5 Å². The highest BCUT2D eigenvalue weighted by molar-refractivity contribution is 6.01. The molecule has 2 aliphatic heterocycles. The second-order valence-corrected chi connectivity index (χ2v) is 11.3. The molecule has 0 radical (unpaired) electrons. The Balaban J connectivity index is 1.16. The molecule has 0 bridgehead atoms. The predicted molar refractivity (Wildman–Crippen MR) is 175 cm³/mol. The lowest BCUT2D eigenvalue weighted by atomic mass is 9.77. The molecule has 49 heavy (non-hydrogen) atoms. The number of carbonyl (C=O) groups is 4. The highest BCUT2D eigenvalue weighted by atomic mass is 16.6. The first-order chi connectivity index (χ1) is 23.7. The van der Waals surface area contributed by atoms with Crippen LogP contribution >= 0.6 is 0 Å². The summed E-state index contributed by atoms with van der Waals surface area (Å²) in [5.74, 6) is -0.363.